The number of rotatable bonds is 1. The van der Waals surface area contributed by atoms with Crippen LogP contribution in [0, 0.1) is 0 Å². The van der Waals surface area contributed by atoms with Gasteiger partial charge in [-0.2, -0.15) is 0 Å². The van der Waals surface area contributed by atoms with E-state index in [4.69, 9.17) is 11.6 Å². The van der Waals surface area contributed by atoms with Crippen LogP contribution in [0.25, 0.3) is 10.9 Å². The van der Waals surface area contributed by atoms with E-state index in [2.05, 4.69) is 22.1 Å². The van der Waals surface area contributed by atoms with Gasteiger partial charge in [0.05, 0.1) is 5.69 Å². The SMILES string of the molecule is Clc1ccc2[nH]cc(N3CCCCC3)c2c1. The van der Waals surface area contributed by atoms with Gasteiger partial charge in [0.15, 0.2) is 0 Å². The van der Waals surface area contributed by atoms with Gasteiger partial charge in [0.2, 0.25) is 0 Å². The van der Waals surface area contributed by atoms with Crippen LogP contribution in [0.2, 0.25) is 5.02 Å². The van der Waals surface area contributed by atoms with Crippen molar-refractivity contribution in [3.63, 3.8) is 0 Å². The maximum Gasteiger partial charge on any atom is 0.0624 e. The van der Waals surface area contributed by atoms with Crippen LogP contribution < -0.4 is 4.90 Å². The zero-order valence-electron chi connectivity index (χ0n) is 9.17. The van der Waals surface area contributed by atoms with Crippen molar-refractivity contribution in [1.82, 2.24) is 4.98 Å². The number of nitrogens with zero attached hydrogens (tertiary/aromatic N) is 1. The summed E-state index contributed by atoms with van der Waals surface area (Å²) in [6.45, 7) is 2.33. The molecule has 3 heteroatoms. The first-order chi connectivity index (χ1) is 7.84. The van der Waals surface area contributed by atoms with Gasteiger partial charge in [0, 0.05) is 35.2 Å². The largest absolute Gasteiger partial charge is 0.370 e. The van der Waals surface area contributed by atoms with E-state index >= 15 is 0 Å². The van der Waals surface area contributed by atoms with Crippen molar-refractivity contribution in [1.29, 1.82) is 0 Å². The summed E-state index contributed by atoms with van der Waals surface area (Å²) >= 11 is 6.05. The monoisotopic (exact) mass is 234 g/mol. The fourth-order valence-corrected chi connectivity index (χ4v) is 2.65. The molecular formula is C13H15ClN2. The average molecular weight is 235 g/mol. The Morgan fingerprint density at radius 1 is 1.12 bits per heavy atom. The first-order valence-corrected chi connectivity index (χ1v) is 6.24. The van der Waals surface area contributed by atoms with Crippen molar-refractivity contribution in [3.05, 3.63) is 29.4 Å². The van der Waals surface area contributed by atoms with Crippen LogP contribution in [0.5, 0.6) is 0 Å². The normalized spacial score (nSPS) is 16.9. The third kappa shape index (κ3) is 1.67. The van der Waals surface area contributed by atoms with E-state index in [-0.39, 0.29) is 0 Å². The van der Waals surface area contributed by atoms with Crippen LogP contribution >= 0.6 is 11.6 Å². The Balaban J connectivity index is 2.05. The lowest BCUT2D eigenvalue weighted by molar-refractivity contribution is 0.579. The average Bonchev–Trinajstić information content (AvgIpc) is 2.73. The molecule has 3 rings (SSSR count). The van der Waals surface area contributed by atoms with E-state index in [1.165, 1.54) is 48.9 Å². The van der Waals surface area contributed by atoms with Crippen molar-refractivity contribution in [2.24, 2.45) is 0 Å². The van der Waals surface area contributed by atoms with E-state index < -0.39 is 0 Å². The van der Waals surface area contributed by atoms with Gasteiger partial charge in [-0.1, -0.05) is 11.6 Å². The molecule has 1 saturated heterocycles. The van der Waals surface area contributed by atoms with Gasteiger partial charge in [-0.3, -0.25) is 0 Å². The van der Waals surface area contributed by atoms with Crippen LogP contribution in [0.4, 0.5) is 5.69 Å². The lowest BCUT2D eigenvalue weighted by Crippen LogP contribution is -2.29. The van der Waals surface area contributed by atoms with E-state index in [0.717, 1.165) is 5.02 Å². The minimum Gasteiger partial charge on any atom is -0.370 e. The predicted octanol–water partition coefficient (Wildman–Crippen LogP) is 3.81. The smallest absolute Gasteiger partial charge is 0.0624 e. The Labute approximate surface area is 100 Å². The fraction of sp³-hybridized carbons (Fsp3) is 0.385. The van der Waals surface area contributed by atoms with Gasteiger partial charge >= 0.3 is 0 Å². The van der Waals surface area contributed by atoms with Gasteiger partial charge in [-0.05, 0) is 37.5 Å². The summed E-state index contributed by atoms with van der Waals surface area (Å²) in [4.78, 5) is 5.77. The summed E-state index contributed by atoms with van der Waals surface area (Å²) in [7, 11) is 0. The van der Waals surface area contributed by atoms with Crippen molar-refractivity contribution in [2.45, 2.75) is 19.3 Å². The fourth-order valence-electron chi connectivity index (χ4n) is 2.47. The minimum absolute atomic E-state index is 0.811. The molecule has 2 aromatic rings. The number of hydrogen-bond donors (Lipinski definition) is 1. The molecule has 0 spiro atoms. The molecular weight excluding hydrogens is 220 g/mol. The van der Waals surface area contributed by atoms with E-state index in [1.807, 2.05) is 12.1 Å². The third-order valence-corrected chi connectivity index (χ3v) is 3.55. The lowest BCUT2D eigenvalue weighted by Gasteiger charge is -2.28. The number of aromatic amines is 1. The molecule has 1 aromatic heterocycles. The van der Waals surface area contributed by atoms with Gasteiger partial charge in [0.1, 0.15) is 0 Å². The van der Waals surface area contributed by atoms with Crippen LogP contribution in [0.3, 0.4) is 0 Å². The summed E-state index contributed by atoms with van der Waals surface area (Å²) in [6.07, 6.45) is 6.06. The van der Waals surface area contributed by atoms with Gasteiger partial charge in [0.25, 0.3) is 0 Å². The molecule has 16 heavy (non-hydrogen) atoms. The number of hydrogen-bond acceptors (Lipinski definition) is 1. The van der Waals surface area contributed by atoms with Crippen LogP contribution in [-0.2, 0) is 0 Å². The number of halogens is 1. The topological polar surface area (TPSA) is 19.0 Å². The second-order valence-corrected chi connectivity index (χ2v) is 4.85. The molecule has 2 heterocycles. The zero-order chi connectivity index (χ0) is 11.0. The molecule has 2 nitrogen and oxygen atoms in total. The predicted molar refractivity (Wildman–Crippen MR) is 69.4 cm³/mol. The second kappa shape index (κ2) is 4.02. The summed E-state index contributed by atoms with van der Waals surface area (Å²) in [6, 6.07) is 6.03. The molecule has 1 N–H and O–H groups in total. The third-order valence-electron chi connectivity index (χ3n) is 3.32. The highest BCUT2D eigenvalue weighted by atomic mass is 35.5. The molecule has 84 valence electrons. The Bertz CT molecular complexity index is 498. The minimum atomic E-state index is 0.811. The van der Waals surface area contributed by atoms with Crippen molar-refractivity contribution < 1.29 is 0 Å². The summed E-state index contributed by atoms with van der Waals surface area (Å²) in [5.41, 5.74) is 2.47. The summed E-state index contributed by atoms with van der Waals surface area (Å²) in [5.74, 6) is 0. The molecule has 0 unspecified atom stereocenters. The van der Waals surface area contributed by atoms with E-state index in [9.17, 15) is 0 Å². The summed E-state index contributed by atoms with van der Waals surface area (Å²) in [5, 5.41) is 2.06. The highest BCUT2D eigenvalue weighted by molar-refractivity contribution is 6.31. The van der Waals surface area contributed by atoms with Crippen LogP contribution in [0.15, 0.2) is 24.4 Å². The number of anilines is 1. The van der Waals surface area contributed by atoms with Gasteiger partial charge in [-0.15, -0.1) is 0 Å². The molecule has 1 fully saturated rings. The molecule has 0 saturated carbocycles. The maximum atomic E-state index is 6.05. The molecule has 0 radical (unpaired) electrons. The quantitative estimate of drug-likeness (QED) is 0.795. The molecule has 1 aliphatic rings. The molecule has 0 bridgehead atoms. The molecule has 1 aromatic carbocycles. The number of H-pyrrole nitrogens is 1. The Morgan fingerprint density at radius 3 is 2.75 bits per heavy atom. The van der Waals surface area contributed by atoms with Gasteiger partial charge in [-0.25, -0.2) is 0 Å². The Kier molecular flexibility index (Phi) is 2.52. The maximum absolute atomic E-state index is 6.05. The van der Waals surface area contributed by atoms with Crippen molar-refractivity contribution in [3.8, 4) is 0 Å². The first kappa shape index (κ1) is 10.0. The van der Waals surface area contributed by atoms with E-state index in [0.29, 0.717) is 0 Å². The lowest BCUT2D eigenvalue weighted by atomic mass is 10.1. The standard InChI is InChI=1S/C13H15ClN2/c14-10-4-5-12-11(8-10)13(9-15-12)16-6-2-1-3-7-16/h4-5,8-9,15H,1-3,6-7H2. The number of fused-ring (bicyclic) bond motifs is 1. The number of benzene rings is 1. The summed E-state index contributed by atoms with van der Waals surface area (Å²) < 4.78 is 0. The highest BCUT2D eigenvalue weighted by Crippen LogP contribution is 2.30. The number of nitrogens with one attached hydrogen (secondary N) is 1. The highest BCUT2D eigenvalue weighted by Gasteiger charge is 2.14. The van der Waals surface area contributed by atoms with Gasteiger partial charge < -0.3 is 9.88 Å². The Morgan fingerprint density at radius 2 is 1.94 bits per heavy atom. The Hall–Kier alpha value is -1.15. The number of piperidine rings is 1. The molecule has 0 aliphatic carbocycles. The van der Waals surface area contributed by atoms with Crippen molar-refractivity contribution >= 4 is 28.2 Å². The van der Waals surface area contributed by atoms with Crippen LogP contribution in [-0.4, -0.2) is 18.1 Å². The van der Waals surface area contributed by atoms with Crippen molar-refractivity contribution in [2.75, 3.05) is 18.0 Å². The first-order valence-electron chi connectivity index (χ1n) is 5.86. The second-order valence-electron chi connectivity index (χ2n) is 4.41. The molecule has 0 amide bonds. The van der Waals surface area contributed by atoms with E-state index in [1.54, 1.807) is 0 Å². The number of aromatic nitrogens is 1. The zero-order valence-corrected chi connectivity index (χ0v) is 9.93. The van der Waals surface area contributed by atoms with Crippen LogP contribution in [0.1, 0.15) is 19.3 Å². The molecule has 1 aliphatic heterocycles. The molecule has 0 atom stereocenters.